The molecule has 3 saturated heterocycles. The number of piperidine rings is 1. The number of rotatable bonds is 4. The molecule has 2 unspecified atom stereocenters. The summed E-state index contributed by atoms with van der Waals surface area (Å²) in [6, 6.07) is 8.84. The van der Waals surface area contributed by atoms with Gasteiger partial charge in [0.05, 0.1) is 18.0 Å². The minimum atomic E-state index is -0.293. The van der Waals surface area contributed by atoms with Gasteiger partial charge in [-0.2, -0.15) is 0 Å². The van der Waals surface area contributed by atoms with Crippen LogP contribution in [0.25, 0.3) is 0 Å². The summed E-state index contributed by atoms with van der Waals surface area (Å²) in [6.45, 7) is 3.21. The molecule has 2 aromatic heterocycles. The minimum Gasteiger partial charge on any atom is -0.459 e. The second kappa shape index (κ2) is 9.94. The molecule has 34 heavy (non-hydrogen) atoms. The molecule has 0 aliphatic carbocycles. The Balaban J connectivity index is 1.07. The van der Waals surface area contributed by atoms with E-state index in [1.165, 1.54) is 6.26 Å². The van der Waals surface area contributed by atoms with E-state index in [0.717, 1.165) is 5.69 Å². The quantitative estimate of drug-likeness (QED) is 0.686. The largest absolute Gasteiger partial charge is 0.459 e. The highest BCUT2D eigenvalue weighted by molar-refractivity contribution is 5.91. The van der Waals surface area contributed by atoms with Gasteiger partial charge in [-0.05, 0) is 43.5 Å². The number of hydrogen-bond donors (Lipinski definition) is 2. The normalized spacial score (nSPS) is 23.8. The monoisotopic (exact) mass is 466 g/mol. The highest BCUT2D eigenvalue weighted by atomic mass is 16.3. The third-order valence-electron chi connectivity index (χ3n) is 7.01. The Morgan fingerprint density at radius 3 is 2.26 bits per heavy atom. The molecule has 0 radical (unpaired) electrons. The molecule has 0 spiro atoms. The van der Waals surface area contributed by atoms with Crippen molar-refractivity contribution in [3.05, 3.63) is 54.2 Å². The molecular weight excluding hydrogens is 436 g/mol. The first-order chi connectivity index (χ1) is 16.6. The maximum Gasteiger partial charge on any atom is 0.289 e. The van der Waals surface area contributed by atoms with Gasteiger partial charge in [-0.15, -0.1) is 0 Å². The predicted octanol–water partition coefficient (Wildman–Crippen LogP) is 0.805. The van der Waals surface area contributed by atoms with Crippen LogP contribution in [-0.2, 0) is 9.59 Å². The van der Waals surface area contributed by atoms with Crippen molar-refractivity contribution >= 4 is 17.7 Å². The third-order valence-corrected chi connectivity index (χ3v) is 7.01. The third kappa shape index (κ3) is 4.69. The Morgan fingerprint density at radius 2 is 1.59 bits per heavy atom. The number of likely N-dealkylation sites (tertiary alicyclic amines) is 1. The summed E-state index contributed by atoms with van der Waals surface area (Å²) < 4.78 is 5.20. The number of nitrogens with zero attached hydrogens (tertiary/aromatic N) is 4. The van der Waals surface area contributed by atoms with Gasteiger partial charge in [0.25, 0.3) is 5.91 Å². The number of pyridine rings is 1. The second-order valence-corrected chi connectivity index (χ2v) is 9.08. The van der Waals surface area contributed by atoms with E-state index in [9.17, 15) is 14.4 Å². The second-order valence-electron chi connectivity index (χ2n) is 9.08. The SMILES string of the molecule is O=C(c1ccco1)N1CCN(C(=O)C2CCN(C(=O)C3CC(c4ccccn4)NN3)CC2)CC1. The van der Waals surface area contributed by atoms with Crippen LogP contribution in [0.3, 0.4) is 0 Å². The zero-order valence-electron chi connectivity index (χ0n) is 19.1. The van der Waals surface area contributed by atoms with Gasteiger partial charge >= 0.3 is 0 Å². The summed E-state index contributed by atoms with van der Waals surface area (Å²) in [7, 11) is 0. The molecular formula is C24H30N6O4. The maximum atomic E-state index is 13.1. The smallest absolute Gasteiger partial charge is 0.289 e. The van der Waals surface area contributed by atoms with Gasteiger partial charge in [0.15, 0.2) is 5.76 Å². The first kappa shape index (κ1) is 22.5. The number of carbonyl (C=O) groups excluding carboxylic acids is 3. The molecule has 5 heterocycles. The van der Waals surface area contributed by atoms with Crippen LogP contribution in [0.2, 0.25) is 0 Å². The molecule has 10 nitrogen and oxygen atoms in total. The summed E-state index contributed by atoms with van der Waals surface area (Å²) >= 11 is 0. The van der Waals surface area contributed by atoms with Gasteiger partial charge in [0.2, 0.25) is 11.8 Å². The van der Waals surface area contributed by atoms with Gasteiger partial charge in [-0.1, -0.05) is 6.07 Å². The van der Waals surface area contributed by atoms with E-state index in [1.807, 2.05) is 28.0 Å². The first-order valence-electron chi connectivity index (χ1n) is 11.9. The zero-order chi connectivity index (χ0) is 23.5. The molecule has 10 heteroatoms. The summed E-state index contributed by atoms with van der Waals surface area (Å²) in [5, 5.41) is 0. The van der Waals surface area contributed by atoms with Crippen LogP contribution in [0.1, 0.15) is 41.6 Å². The fourth-order valence-corrected chi connectivity index (χ4v) is 5.01. The number of furan rings is 1. The van der Waals surface area contributed by atoms with Crippen molar-refractivity contribution < 1.29 is 18.8 Å². The fraction of sp³-hybridized carbons (Fsp3) is 0.500. The summed E-state index contributed by atoms with van der Waals surface area (Å²) in [6.07, 6.45) is 5.22. The summed E-state index contributed by atoms with van der Waals surface area (Å²) in [5.41, 5.74) is 7.21. The molecule has 0 aromatic carbocycles. The van der Waals surface area contributed by atoms with Crippen LogP contribution in [0.15, 0.2) is 47.2 Å². The van der Waals surface area contributed by atoms with Gasteiger partial charge in [-0.25, -0.2) is 10.9 Å². The summed E-state index contributed by atoms with van der Waals surface area (Å²) in [4.78, 5) is 48.3. The summed E-state index contributed by atoms with van der Waals surface area (Å²) in [5.74, 6) is 0.321. The van der Waals surface area contributed by atoms with E-state index in [0.29, 0.717) is 64.3 Å². The predicted molar refractivity (Wildman–Crippen MR) is 122 cm³/mol. The molecule has 180 valence electrons. The fourth-order valence-electron chi connectivity index (χ4n) is 5.01. The van der Waals surface area contributed by atoms with E-state index in [2.05, 4.69) is 15.8 Å². The Morgan fingerprint density at radius 1 is 0.853 bits per heavy atom. The van der Waals surface area contributed by atoms with E-state index in [4.69, 9.17) is 4.42 Å². The van der Waals surface area contributed by atoms with E-state index >= 15 is 0 Å². The van der Waals surface area contributed by atoms with Crippen LogP contribution in [0.5, 0.6) is 0 Å². The Hall–Kier alpha value is -3.24. The van der Waals surface area contributed by atoms with E-state index in [1.54, 1.807) is 23.2 Å². The highest BCUT2D eigenvalue weighted by Gasteiger charge is 2.37. The van der Waals surface area contributed by atoms with Crippen LogP contribution in [0, 0.1) is 5.92 Å². The standard InChI is InChI=1S/C24H30N6O4/c31-22(29-11-13-30(14-12-29)24(33)21-5-3-15-34-21)17-6-9-28(10-7-17)23(32)20-16-19(26-27-20)18-4-1-2-8-25-18/h1-5,8,15,17,19-20,26-27H,6-7,9-14,16H2. The number of nitrogens with one attached hydrogen (secondary N) is 2. The lowest BCUT2D eigenvalue weighted by molar-refractivity contribution is -0.142. The molecule has 3 aliphatic rings. The van der Waals surface area contributed by atoms with Crippen molar-refractivity contribution in [1.82, 2.24) is 30.5 Å². The Bertz CT molecular complexity index is 998. The lowest BCUT2D eigenvalue weighted by Gasteiger charge is -2.38. The molecule has 0 saturated carbocycles. The maximum absolute atomic E-state index is 13.1. The van der Waals surface area contributed by atoms with Crippen molar-refractivity contribution in [2.75, 3.05) is 39.3 Å². The Kier molecular flexibility index (Phi) is 6.59. The van der Waals surface area contributed by atoms with Crippen molar-refractivity contribution in [2.45, 2.75) is 31.3 Å². The van der Waals surface area contributed by atoms with Gasteiger partial charge in [0.1, 0.15) is 6.04 Å². The lowest BCUT2D eigenvalue weighted by atomic mass is 9.94. The molecule has 5 rings (SSSR count). The first-order valence-corrected chi connectivity index (χ1v) is 11.9. The molecule has 2 aromatic rings. The van der Waals surface area contributed by atoms with Crippen molar-refractivity contribution in [1.29, 1.82) is 0 Å². The number of aromatic nitrogens is 1. The van der Waals surface area contributed by atoms with Gasteiger partial charge in [-0.3, -0.25) is 19.4 Å². The molecule has 3 amide bonds. The topological polar surface area (TPSA) is 111 Å². The molecule has 2 N–H and O–H groups in total. The number of hydrogen-bond acceptors (Lipinski definition) is 7. The number of piperazine rings is 1. The van der Waals surface area contributed by atoms with Crippen molar-refractivity contribution in [3.8, 4) is 0 Å². The number of amides is 3. The number of hydrazine groups is 1. The van der Waals surface area contributed by atoms with Crippen LogP contribution in [-0.4, -0.2) is 82.7 Å². The molecule has 0 bridgehead atoms. The minimum absolute atomic E-state index is 0.00704. The molecule has 3 fully saturated rings. The van der Waals surface area contributed by atoms with E-state index in [-0.39, 0.29) is 35.7 Å². The van der Waals surface area contributed by atoms with Crippen LogP contribution < -0.4 is 10.9 Å². The average Bonchev–Trinajstić information content (AvgIpc) is 3.61. The number of carbonyl (C=O) groups is 3. The molecule has 3 aliphatic heterocycles. The van der Waals surface area contributed by atoms with Crippen LogP contribution in [0.4, 0.5) is 0 Å². The van der Waals surface area contributed by atoms with Gasteiger partial charge in [0, 0.05) is 51.4 Å². The molecule has 2 atom stereocenters. The Labute approximate surface area is 198 Å². The van der Waals surface area contributed by atoms with Gasteiger partial charge < -0.3 is 19.1 Å². The van der Waals surface area contributed by atoms with Crippen LogP contribution >= 0.6 is 0 Å². The average molecular weight is 467 g/mol. The lowest BCUT2D eigenvalue weighted by Crippen LogP contribution is -2.54. The zero-order valence-corrected chi connectivity index (χ0v) is 19.1. The highest BCUT2D eigenvalue weighted by Crippen LogP contribution is 2.25. The van der Waals surface area contributed by atoms with Crippen molar-refractivity contribution in [2.24, 2.45) is 5.92 Å². The van der Waals surface area contributed by atoms with E-state index < -0.39 is 0 Å². The van der Waals surface area contributed by atoms with Crippen molar-refractivity contribution in [3.63, 3.8) is 0 Å².